The van der Waals surface area contributed by atoms with E-state index in [4.69, 9.17) is 65.4 Å². The largest absolute Gasteiger partial charge is 0.658 e. The van der Waals surface area contributed by atoms with E-state index >= 15 is 8.78 Å². The molecule has 0 fully saturated rings. The van der Waals surface area contributed by atoms with Crippen LogP contribution in [0.1, 0.15) is 11.1 Å². The Bertz CT molecular complexity index is 2310. The highest BCUT2D eigenvalue weighted by Crippen LogP contribution is 2.45. The molecule has 1 radical (unpaired) electrons. The fourth-order valence-electron chi connectivity index (χ4n) is 5.30. The molecule has 0 aliphatic rings. The van der Waals surface area contributed by atoms with E-state index in [0.29, 0.717) is 20.1 Å². The molecule has 0 spiro atoms. The lowest BCUT2D eigenvalue weighted by Crippen LogP contribution is -2.23. The van der Waals surface area contributed by atoms with Crippen LogP contribution >= 0.6 is 110 Å². The molecule has 59 heavy (non-hydrogen) atoms. The first-order chi connectivity index (χ1) is 28.3. The van der Waals surface area contributed by atoms with Gasteiger partial charge < -0.3 is 9.31 Å². The Labute approximate surface area is 389 Å². The number of hydrogen-bond acceptors (Lipinski definition) is 8. The zero-order chi connectivity index (χ0) is 42.4. The van der Waals surface area contributed by atoms with Crippen molar-refractivity contribution in [2.75, 3.05) is 23.3 Å². The molecule has 6 rings (SSSR count). The average Bonchev–Trinajstić information content (AvgIpc) is 3.23. The molecular weight excluding hydrogens is 1120 g/mol. The van der Waals surface area contributed by atoms with Gasteiger partial charge in [0.25, 0.3) is 0 Å². The summed E-state index contributed by atoms with van der Waals surface area (Å²) in [7, 11) is 0.727. The van der Waals surface area contributed by atoms with Gasteiger partial charge in [0, 0.05) is 44.2 Å². The highest BCUT2D eigenvalue weighted by molar-refractivity contribution is 9.13. The van der Waals surface area contributed by atoms with Gasteiger partial charge in [-0.3, -0.25) is 9.68 Å². The van der Waals surface area contributed by atoms with E-state index in [2.05, 4.69) is 73.7 Å². The number of hydrogen-bond donors (Lipinski definition) is 0. The second-order valence-electron chi connectivity index (χ2n) is 11.8. The molecule has 0 bridgehead atoms. The average molecular weight is 1150 g/mol. The van der Waals surface area contributed by atoms with Crippen molar-refractivity contribution in [1.29, 1.82) is 0 Å². The van der Waals surface area contributed by atoms with E-state index in [1.54, 1.807) is 36.4 Å². The van der Waals surface area contributed by atoms with Crippen LogP contribution in [0.5, 0.6) is 11.5 Å². The Morgan fingerprint density at radius 1 is 0.576 bits per heavy atom. The van der Waals surface area contributed by atoms with Crippen LogP contribution in [0, 0.1) is 23.3 Å². The third-order valence-corrected chi connectivity index (χ3v) is 13.5. The summed E-state index contributed by atoms with van der Waals surface area (Å²) < 4.78 is 73.8. The van der Waals surface area contributed by atoms with E-state index in [9.17, 15) is 8.78 Å². The van der Waals surface area contributed by atoms with Crippen LogP contribution in [0.2, 0.25) is 20.1 Å². The van der Waals surface area contributed by atoms with Gasteiger partial charge in [-0.15, -0.1) is 0 Å². The normalized spacial score (nSPS) is 11.1. The van der Waals surface area contributed by atoms with Crippen LogP contribution in [0.25, 0.3) is 0 Å². The van der Waals surface area contributed by atoms with Crippen LogP contribution in [0.15, 0.2) is 103 Å². The van der Waals surface area contributed by atoms with Crippen LogP contribution in [-0.4, -0.2) is 30.9 Å². The Morgan fingerprint density at radius 3 is 1.36 bits per heavy atom. The Balaban J connectivity index is 1.25. The molecule has 0 aliphatic heterocycles. The summed E-state index contributed by atoms with van der Waals surface area (Å²) in [5.74, 6) is -3.62. The predicted octanol–water partition coefficient (Wildman–Crippen LogP) is 14.3. The lowest BCUT2D eigenvalue weighted by molar-refractivity contribution is 0.135. The topological polar surface area (TPSA) is 69.2 Å². The predicted molar refractivity (Wildman–Crippen MR) is 236 cm³/mol. The third kappa shape index (κ3) is 10.6. The number of aromatic nitrogens is 2. The van der Waals surface area contributed by atoms with Gasteiger partial charge in [-0.1, -0.05) is 58.5 Å². The van der Waals surface area contributed by atoms with Crippen molar-refractivity contribution in [1.82, 2.24) is 9.97 Å². The molecule has 2 aromatic heterocycles. The summed E-state index contributed by atoms with van der Waals surface area (Å²) >= 11 is 38.5. The summed E-state index contributed by atoms with van der Waals surface area (Å²) in [6, 6.07) is 17.4. The van der Waals surface area contributed by atoms with Crippen LogP contribution in [0.4, 0.5) is 40.6 Å². The first-order valence-electron chi connectivity index (χ1n) is 16.7. The van der Waals surface area contributed by atoms with Crippen molar-refractivity contribution in [2.45, 2.75) is 12.8 Å². The molecule has 6 aromatic rings. The second kappa shape index (κ2) is 20.8. The van der Waals surface area contributed by atoms with Crippen LogP contribution in [-0.2, 0) is 22.5 Å². The SMILES string of the molecule is Fc1ccc(Cl)c(CCON(c2ccccn2)c2c(F)c(O[B]Oc3cc(Br)c(Br)c(N(OCCc4c(Cl)ccc(F)c4Cl)c4ccccn4)c3F)cc(Br)c2Br)c1Cl. The summed E-state index contributed by atoms with van der Waals surface area (Å²) in [5, 5.41) is 2.34. The summed E-state index contributed by atoms with van der Waals surface area (Å²) in [5.41, 5.74) is 0.230. The molecular formula is C38H22BBr4Cl4F4N4O4. The third-order valence-electron chi connectivity index (χ3n) is 8.09. The van der Waals surface area contributed by atoms with Gasteiger partial charge >= 0.3 is 7.69 Å². The van der Waals surface area contributed by atoms with Gasteiger partial charge in [0.2, 0.25) is 0 Å². The number of halogens is 12. The molecule has 0 atom stereocenters. The standard InChI is InChI=1S/C38H22BBr4Cl4F4N4O4/c40-21-17-27(35(50)37(31(21)42)54(29-5-1-3-13-52-29)56-15-11-19-23(44)7-9-25(48)33(19)46)58-39-59-28-18-22(41)32(43)38(36(28)51)55(30-6-2-4-14-53-30)57-16-12-20-24(45)8-10-26(49)34(20)47/h1-10,13-14,17-18H,11-12,15-16H2. The number of rotatable bonds is 16. The fraction of sp³-hybridized carbons (Fsp3) is 0.105. The first kappa shape index (κ1) is 45.7. The molecule has 8 nitrogen and oxygen atoms in total. The molecule has 0 saturated heterocycles. The van der Waals surface area contributed by atoms with E-state index < -0.39 is 23.3 Å². The van der Waals surface area contributed by atoms with E-state index in [0.717, 1.165) is 29.9 Å². The maximum absolute atomic E-state index is 16.5. The van der Waals surface area contributed by atoms with Crippen molar-refractivity contribution in [2.24, 2.45) is 0 Å². The van der Waals surface area contributed by atoms with Crippen molar-refractivity contribution < 1.29 is 36.5 Å². The van der Waals surface area contributed by atoms with E-state index in [1.807, 2.05) is 0 Å². The Hall–Kier alpha value is -2.84. The molecule has 0 saturated carbocycles. The maximum Gasteiger partial charge on any atom is 0.658 e. The number of nitrogens with zero attached hydrogens (tertiary/aromatic N) is 4. The van der Waals surface area contributed by atoms with E-state index in [-0.39, 0.29) is 89.6 Å². The molecule has 305 valence electrons. The minimum Gasteiger partial charge on any atom is -0.524 e. The van der Waals surface area contributed by atoms with Crippen molar-refractivity contribution >= 4 is 141 Å². The summed E-state index contributed by atoms with van der Waals surface area (Å²) in [6.07, 6.45) is 3.05. The quantitative estimate of drug-likeness (QED) is 0.0411. The molecule has 21 heteroatoms. The van der Waals surface area contributed by atoms with Gasteiger partial charge in [0.05, 0.1) is 32.2 Å². The lowest BCUT2D eigenvalue weighted by atomic mass is 10.1. The van der Waals surface area contributed by atoms with Gasteiger partial charge in [0.15, 0.2) is 23.3 Å². The fourth-order valence-corrected chi connectivity index (χ4v) is 8.11. The molecule has 0 N–H and O–H groups in total. The number of benzene rings is 4. The first-order valence-corrected chi connectivity index (χ1v) is 21.4. The second-order valence-corrected chi connectivity index (χ2v) is 16.6. The number of anilines is 4. The Kier molecular flexibility index (Phi) is 16.1. The minimum atomic E-state index is -0.946. The van der Waals surface area contributed by atoms with Crippen LogP contribution in [0.3, 0.4) is 0 Å². The lowest BCUT2D eigenvalue weighted by Gasteiger charge is -2.26. The van der Waals surface area contributed by atoms with Gasteiger partial charge in [-0.05, 0) is 136 Å². The number of pyridine rings is 2. The molecule has 0 aliphatic carbocycles. The van der Waals surface area contributed by atoms with Crippen molar-refractivity contribution in [3.05, 3.63) is 158 Å². The molecule has 0 amide bonds. The van der Waals surface area contributed by atoms with Crippen molar-refractivity contribution in [3.8, 4) is 11.5 Å². The summed E-state index contributed by atoms with van der Waals surface area (Å²) in [6.45, 7) is -0.288. The maximum atomic E-state index is 16.5. The van der Waals surface area contributed by atoms with Gasteiger partial charge in [-0.2, -0.15) is 10.1 Å². The van der Waals surface area contributed by atoms with E-state index in [1.165, 1.54) is 36.7 Å². The zero-order valence-corrected chi connectivity index (χ0v) is 38.8. The molecule has 2 heterocycles. The summed E-state index contributed by atoms with van der Waals surface area (Å²) in [4.78, 5) is 20.7. The Morgan fingerprint density at radius 2 is 0.983 bits per heavy atom. The monoisotopic (exact) mass is 1140 g/mol. The minimum absolute atomic E-state index is 0.0474. The van der Waals surface area contributed by atoms with Crippen molar-refractivity contribution in [3.63, 3.8) is 0 Å². The highest BCUT2D eigenvalue weighted by Gasteiger charge is 2.29. The highest BCUT2D eigenvalue weighted by atomic mass is 79.9. The van der Waals surface area contributed by atoms with Crippen LogP contribution < -0.4 is 19.4 Å². The molecule has 0 unspecified atom stereocenters. The zero-order valence-electron chi connectivity index (χ0n) is 29.4. The molecule has 4 aromatic carbocycles. The van der Waals surface area contributed by atoms with Gasteiger partial charge in [-0.25, -0.2) is 27.5 Å². The van der Waals surface area contributed by atoms with Gasteiger partial charge in [0.1, 0.15) is 34.5 Å². The smallest absolute Gasteiger partial charge is 0.524 e.